The van der Waals surface area contributed by atoms with Crippen LogP contribution in [-0.2, 0) is 16.1 Å². The van der Waals surface area contributed by atoms with Crippen molar-refractivity contribution in [3.8, 4) is 22.5 Å². The van der Waals surface area contributed by atoms with Gasteiger partial charge in [0, 0.05) is 18.5 Å². The molecule has 1 unspecified atom stereocenters. The highest BCUT2D eigenvalue weighted by Gasteiger charge is 2.25. The van der Waals surface area contributed by atoms with Gasteiger partial charge in [-0.3, -0.25) is 4.79 Å². The average Bonchev–Trinajstić information content (AvgIpc) is 3.42. The van der Waals surface area contributed by atoms with E-state index in [2.05, 4.69) is 45.7 Å². The number of rotatable bonds is 10. The van der Waals surface area contributed by atoms with Gasteiger partial charge >= 0.3 is 5.97 Å². The summed E-state index contributed by atoms with van der Waals surface area (Å²) in [6, 6.07) is 19.3. The van der Waals surface area contributed by atoms with Crippen LogP contribution in [0.2, 0.25) is 0 Å². The van der Waals surface area contributed by atoms with Crippen molar-refractivity contribution >= 4 is 22.6 Å². The molecule has 4 aromatic rings. The molecule has 8 nitrogen and oxygen atoms in total. The number of aromatic nitrogens is 4. The van der Waals surface area contributed by atoms with Crippen LogP contribution in [0.4, 0.5) is 0 Å². The Labute approximate surface area is 204 Å². The number of carboxylic acids is 1. The van der Waals surface area contributed by atoms with Gasteiger partial charge in [0.15, 0.2) is 0 Å². The van der Waals surface area contributed by atoms with E-state index in [0.29, 0.717) is 12.2 Å². The number of hydrogen-bond donors (Lipinski definition) is 2. The molecule has 0 aliphatic rings. The van der Waals surface area contributed by atoms with Crippen molar-refractivity contribution in [2.24, 2.45) is 0 Å². The number of hydrogen-bond acceptors (Lipinski definition) is 5. The lowest BCUT2D eigenvalue weighted by Gasteiger charge is -2.27. The lowest BCUT2D eigenvalue weighted by Crippen LogP contribution is -2.42. The van der Waals surface area contributed by atoms with Crippen LogP contribution in [0.15, 0.2) is 60.7 Å². The first kappa shape index (κ1) is 24.1. The Morgan fingerprint density at radius 2 is 1.63 bits per heavy atom. The number of carbonyl (C=O) groups excluding carboxylic acids is 1. The monoisotopic (exact) mass is 471 g/mol. The van der Waals surface area contributed by atoms with Crippen LogP contribution in [0.5, 0.6) is 0 Å². The van der Waals surface area contributed by atoms with Crippen LogP contribution in [0.3, 0.4) is 0 Å². The molecule has 35 heavy (non-hydrogen) atoms. The summed E-state index contributed by atoms with van der Waals surface area (Å²) in [4.78, 5) is 25.9. The summed E-state index contributed by atoms with van der Waals surface area (Å²) in [5.74, 6) is -0.560. The van der Waals surface area contributed by atoms with Crippen LogP contribution >= 0.6 is 0 Å². The van der Waals surface area contributed by atoms with Crippen molar-refractivity contribution < 1.29 is 14.7 Å². The maximum absolute atomic E-state index is 12.8. The van der Waals surface area contributed by atoms with Gasteiger partial charge in [0.05, 0.1) is 0 Å². The molecule has 3 aromatic carbocycles. The predicted molar refractivity (Wildman–Crippen MR) is 134 cm³/mol. The standard InChI is InChI=1S/C27H29N5O3/c1-3-4-5-6-25(33)32(18(2)27(34)35)17-19-7-8-24-16-23(14-13-22(24)15-19)20-9-11-21(12-10-20)26-28-30-31-29-26/h7-16,18H,3-6,17H2,1-2H3,(H,34,35)(H,28,29,30,31). The number of benzene rings is 3. The third kappa shape index (κ3) is 5.71. The van der Waals surface area contributed by atoms with Crippen LogP contribution in [-0.4, -0.2) is 48.5 Å². The number of carbonyl (C=O) groups is 2. The average molecular weight is 472 g/mol. The highest BCUT2D eigenvalue weighted by Crippen LogP contribution is 2.27. The number of H-pyrrole nitrogens is 1. The van der Waals surface area contributed by atoms with E-state index >= 15 is 0 Å². The number of aliphatic carboxylic acids is 1. The molecule has 0 spiro atoms. The number of nitrogens with one attached hydrogen (secondary N) is 1. The molecule has 1 atom stereocenters. The third-order valence-electron chi connectivity index (χ3n) is 6.22. The van der Waals surface area contributed by atoms with E-state index in [1.54, 1.807) is 6.92 Å². The van der Waals surface area contributed by atoms with E-state index < -0.39 is 12.0 Å². The summed E-state index contributed by atoms with van der Waals surface area (Å²) < 4.78 is 0. The minimum Gasteiger partial charge on any atom is -0.480 e. The van der Waals surface area contributed by atoms with E-state index in [1.807, 2.05) is 42.5 Å². The molecular formula is C27H29N5O3. The largest absolute Gasteiger partial charge is 0.480 e. The molecule has 0 bridgehead atoms. The fourth-order valence-electron chi connectivity index (χ4n) is 4.11. The van der Waals surface area contributed by atoms with Gasteiger partial charge < -0.3 is 10.0 Å². The predicted octanol–water partition coefficient (Wildman–Crippen LogP) is 5.07. The Balaban J connectivity index is 1.53. The first-order valence-electron chi connectivity index (χ1n) is 11.9. The number of tetrazole rings is 1. The van der Waals surface area contributed by atoms with Gasteiger partial charge in [-0.1, -0.05) is 68.3 Å². The molecule has 8 heteroatoms. The quantitative estimate of drug-likeness (QED) is 0.312. The van der Waals surface area contributed by atoms with Crippen molar-refractivity contribution in [2.45, 2.75) is 52.1 Å². The van der Waals surface area contributed by atoms with E-state index in [4.69, 9.17) is 0 Å². The fourth-order valence-corrected chi connectivity index (χ4v) is 4.11. The number of nitrogens with zero attached hydrogens (tertiary/aromatic N) is 4. The SMILES string of the molecule is CCCCCC(=O)N(Cc1ccc2cc(-c3ccc(-c4nn[nH]n4)cc3)ccc2c1)C(C)C(=O)O. The zero-order valence-corrected chi connectivity index (χ0v) is 19.9. The number of unbranched alkanes of at least 4 members (excludes halogenated alkanes) is 2. The summed E-state index contributed by atoms with van der Waals surface area (Å²) >= 11 is 0. The van der Waals surface area contributed by atoms with Gasteiger partial charge in [0.2, 0.25) is 11.7 Å². The highest BCUT2D eigenvalue weighted by atomic mass is 16.4. The second kappa shape index (κ2) is 10.9. The Morgan fingerprint density at radius 3 is 2.31 bits per heavy atom. The van der Waals surface area contributed by atoms with Crippen molar-refractivity contribution in [1.29, 1.82) is 0 Å². The van der Waals surface area contributed by atoms with Crippen LogP contribution in [0.25, 0.3) is 33.3 Å². The van der Waals surface area contributed by atoms with Gasteiger partial charge in [-0.05, 0) is 58.2 Å². The van der Waals surface area contributed by atoms with Crippen molar-refractivity contribution in [2.75, 3.05) is 0 Å². The zero-order chi connectivity index (χ0) is 24.8. The minimum atomic E-state index is -0.996. The second-order valence-corrected chi connectivity index (χ2v) is 8.70. The van der Waals surface area contributed by atoms with E-state index in [1.165, 1.54) is 4.90 Å². The van der Waals surface area contributed by atoms with Gasteiger partial charge in [0.25, 0.3) is 0 Å². The summed E-state index contributed by atoms with van der Waals surface area (Å²) in [5.41, 5.74) is 3.95. The first-order valence-corrected chi connectivity index (χ1v) is 11.9. The fraction of sp³-hybridized carbons (Fsp3) is 0.296. The molecule has 1 aromatic heterocycles. The molecule has 180 valence electrons. The smallest absolute Gasteiger partial charge is 0.326 e. The van der Waals surface area contributed by atoms with Crippen LogP contribution < -0.4 is 0 Å². The van der Waals surface area contributed by atoms with Gasteiger partial charge in [-0.15, -0.1) is 10.2 Å². The number of fused-ring (bicyclic) bond motifs is 1. The Bertz CT molecular complexity index is 1300. The molecule has 0 radical (unpaired) electrons. The molecule has 4 rings (SSSR count). The molecule has 0 aliphatic carbocycles. The maximum Gasteiger partial charge on any atom is 0.326 e. The van der Waals surface area contributed by atoms with Crippen molar-refractivity contribution in [1.82, 2.24) is 25.5 Å². The highest BCUT2D eigenvalue weighted by molar-refractivity contribution is 5.88. The summed E-state index contributed by atoms with van der Waals surface area (Å²) in [6.07, 6.45) is 3.11. The number of carboxylic acid groups (broad SMARTS) is 1. The normalized spacial score (nSPS) is 11.9. The van der Waals surface area contributed by atoms with Crippen molar-refractivity contribution in [3.05, 3.63) is 66.2 Å². The summed E-state index contributed by atoms with van der Waals surface area (Å²) in [6.45, 7) is 3.92. The maximum atomic E-state index is 12.8. The molecule has 2 N–H and O–H groups in total. The molecular weight excluding hydrogens is 442 g/mol. The van der Waals surface area contributed by atoms with Crippen LogP contribution in [0.1, 0.15) is 45.1 Å². The Hall–Kier alpha value is -4.07. The zero-order valence-electron chi connectivity index (χ0n) is 19.9. The molecule has 0 saturated heterocycles. The molecule has 1 amide bonds. The number of aromatic amines is 1. The molecule has 0 saturated carbocycles. The topological polar surface area (TPSA) is 112 Å². The van der Waals surface area contributed by atoms with E-state index in [0.717, 1.165) is 52.3 Å². The minimum absolute atomic E-state index is 0.118. The lowest BCUT2D eigenvalue weighted by molar-refractivity contribution is -0.150. The van der Waals surface area contributed by atoms with E-state index in [-0.39, 0.29) is 12.5 Å². The third-order valence-corrected chi connectivity index (χ3v) is 6.22. The van der Waals surface area contributed by atoms with Gasteiger partial charge in [-0.2, -0.15) is 5.21 Å². The molecule has 1 heterocycles. The second-order valence-electron chi connectivity index (χ2n) is 8.70. The Morgan fingerprint density at radius 1 is 0.943 bits per heavy atom. The van der Waals surface area contributed by atoms with Crippen LogP contribution in [0, 0.1) is 0 Å². The number of amides is 1. The molecule has 0 aliphatic heterocycles. The Kier molecular flexibility index (Phi) is 7.50. The van der Waals surface area contributed by atoms with E-state index in [9.17, 15) is 14.7 Å². The van der Waals surface area contributed by atoms with Crippen molar-refractivity contribution in [3.63, 3.8) is 0 Å². The van der Waals surface area contributed by atoms with Gasteiger partial charge in [0.1, 0.15) is 6.04 Å². The summed E-state index contributed by atoms with van der Waals surface area (Å²) in [7, 11) is 0. The lowest BCUT2D eigenvalue weighted by atomic mass is 9.99. The molecule has 0 fully saturated rings. The first-order chi connectivity index (χ1) is 17.0. The summed E-state index contributed by atoms with van der Waals surface area (Å²) in [5, 5.41) is 25.7. The van der Waals surface area contributed by atoms with Gasteiger partial charge in [-0.25, -0.2) is 4.79 Å².